The first kappa shape index (κ1) is 13.1. The zero-order chi connectivity index (χ0) is 13.7. The van der Waals surface area contributed by atoms with Crippen LogP contribution in [0.2, 0.25) is 5.02 Å². The summed E-state index contributed by atoms with van der Waals surface area (Å²) in [5.41, 5.74) is 4.10. The fourth-order valence-electron chi connectivity index (χ4n) is 1.54. The number of benzene rings is 2. The standard InChI is InChI=1S/C14H11ClN2O2/c15-13-8-4-7-11(14(18)19)12(13)9-16-17-10-5-2-1-3-6-10/h1-9,17H,(H,18,19). The Balaban J connectivity index is 2.21. The average Bonchev–Trinajstić information content (AvgIpc) is 2.41. The summed E-state index contributed by atoms with van der Waals surface area (Å²) in [5, 5.41) is 13.4. The number of hydrogen-bond donors (Lipinski definition) is 2. The van der Waals surface area contributed by atoms with Crippen molar-refractivity contribution in [2.24, 2.45) is 5.10 Å². The minimum absolute atomic E-state index is 0.117. The second-order valence-electron chi connectivity index (χ2n) is 3.74. The number of rotatable bonds is 4. The molecule has 0 amide bonds. The van der Waals surface area contributed by atoms with Crippen molar-refractivity contribution in [3.8, 4) is 0 Å². The number of nitrogens with zero attached hydrogens (tertiary/aromatic N) is 1. The molecular weight excluding hydrogens is 264 g/mol. The highest BCUT2D eigenvalue weighted by atomic mass is 35.5. The van der Waals surface area contributed by atoms with Crippen LogP contribution in [0.25, 0.3) is 0 Å². The molecule has 0 saturated heterocycles. The number of hydrazone groups is 1. The van der Waals surface area contributed by atoms with Crippen molar-refractivity contribution < 1.29 is 9.90 Å². The lowest BCUT2D eigenvalue weighted by Gasteiger charge is -2.03. The van der Waals surface area contributed by atoms with E-state index in [1.165, 1.54) is 12.3 Å². The first-order valence-electron chi connectivity index (χ1n) is 5.54. The van der Waals surface area contributed by atoms with Crippen LogP contribution in [0.4, 0.5) is 5.69 Å². The molecule has 2 N–H and O–H groups in total. The van der Waals surface area contributed by atoms with E-state index in [4.69, 9.17) is 16.7 Å². The van der Waals surface area contributed by atoms with Crippen LogP contribution >= 0.6 is 11.6 Å². The Morgan fingerprint density at radius 1 is 1.16 bits per heavy atom. The van der Waals surface area contributed by atoms with E-state index in [0.717, 1.165) is 5.69 Å². The number of aromatic carboxylic acids is 1. The normalized spacial score (nSPS) is 10.6. The molecule has 2 aromatic rings. The Morgan fingerprint density at radius 3 is 2.58 bits per heavy atom. The monoisotopic (exact) mass is 274 g/mol. The molecular formula is C14H11ClN2O2. The van der Waals surface area contributed by atoms with Crippen LogP contribution in [0.1, 0.15) is 15.9 Å². The van der Waals surface area contributed by atoms with Gasteiger partial charge in [-0.25, -0.2) is 4.79 Å². The molecule has 0 radical (unpaired) electrons. The van der Waals surface area contributed by atoms with Crippen molar-refractivity contribution >= 4 is 29.5 Å². The van der Waals surface area contributed by atoms with Gasteiger partial charge in [-0.2, -0.15) is 5.10 Å². The minimum atomic E-state index is -1.04. The van der Waals surface area contributed by atoms with Crippen LogP contribution in [0.5, 0.6) is 0 Å². The SMILES string of the molecule is O=C(O)c1cccc(Cl)c1C=NNc1ccccc1. The average molecular weight is 275 g/mol. The van der Waals surface area contributed by atoms with E-state index in [2.05, 4.69) is 10.5 Å². The van der Waals surface area contributed by atoms with Gasteiger partial charge in [-0.05, 0) is 24.3 Å². The summed E-state index contributed by atoms with van der Waals surface area (Å²) in [4.78, 5) is 11.1. The molecule has 19 heavy (non-hydrogen) atoms. The Bertz CT molecular complexity index is 612. The molecule has 0 aliphatic carbocycles. The maximum atomic E-state index is 11.1. The van der Waals surface area contributed by atoms with Crippen LogP contribution in [-0.4, -0.2) is 17.3 Å². The second kappa shape index (κ2) is 6.02. The minimum Gasteiger partial charge on any atom is -0.478 e. The lowest BCUT2D eigenvalue weighted by atomic mass is 10.1. The van der Waals surface area contributed by atoms with Gasteiger partial charge >= 0.3 is 5.97 Å². The van der Waals surface area contributed by atoms with Crippen LogP contribution < -0.4 is 5.43 Å². The predicted octanol–water partition coefficient (Wildman–Crippen LogP) is 3.48. The number of carbonyl (C=O) groups is 1. The first-order chi connectivity index (χ1) is 9.18. The zero-order valence-corrected chi connectivity index (χ0v) is 10.6. The molecule has 0 heterocycles. The predicted molar refractivity (Wildman–Crippen MR) is 76.1 cm³/mol. The number of hydrogen-bond acceptors (Lipinski definition) is 3. The number of halogens is 1. The Hall–Kier alpha value is -2.33. The Morgan fingerprint density at radius 2 is 1.89 bits per heavy atom. The molecule has 0 saturated carbocycles. The summed E-state index contributed by atoms with van der Waals surface area (Å²) in [5.74, 6) is -1.04. The van der Waals surface area contributed by atoms with Crippen LogP contribution in [-0.2, 0) is 0 Å². The van der Waals surface area contributed by atoms with Gasteiger partial charge in [0.15, 0.2) is 0 Å². The molecule has 0 atom stereocenters. The van der Waals surface area contributed by atoms with E-state index in [-0.39, 0.29) is 5.56 Å². The third-order valence-corrected chi connectivity index (χ3v) is 2.77. The van der Waals surface area contributed by atoms with Gasteiger partial charge in [0.05, 0.1) is 22.5 Å². The highest BCUT2D eigenvalue weighted by molar-refractivity contribution is 6.33. The van der Waals surface area contributed by atoms with Crippen LogP contribution in [0.3, 0.4) is 0 Å². The third kappa shape index (κ3) is 3.33. The van der Waals surface area contributed by atoms with Gasteiger partial charge in [0.2, 0.25) is 0 Å². The zero-order valence-electron chi connectivity index (χ0n) is 9.88. The lowest BCUT2D eigenvalue weighted by molar-refractivity contribution is 0.0697. The van der Waals surface area contributed by atoms with Crippen molar-refractivity contribution in [1.29, 1.82) is 0 Å². The summed E-state index contributed by atoms with van der Waals surface area (Å²) in [6, 6.07) is 14.0. The van der Waals surface area contributed by atoms with Gasteiger partial charge in [-0.3, -0.25) is 5.43 Å². The van der Waals surface area contributed by atoms with Crippen LogP contribution in [0.15, 0.2) is 53.6 Å². The second-order valence-corrected chi connectivity index (χ2v) is 4.15. The van der Waals surface area contributed by atoms with Crippen LogP contribution in [0, 0.1) is 0 Å². The number of para-hydroxylation sites is 1. The first-order valence-corrected chi connectivity index (χ1v) is 5.92. The molecule has 0 unspecified atom stereocenters. The van der Waals surface area contributed by atoms with Crippen molar-refractivity contribution in [1.82, 2.24) is 0 Å². The van der Waals surface area contributed by atoms with Gasteiger partial charge in [0.1, 0.15) is 0 Å². The van der Waals surface area contributed by atoms with E-state index in [0.29, 0.717) is 10.6 Å². The van der Waals surface area contributed by atoms with E-state index in [1.54, 1.807) is 12.1 Å². The van der Waals surface area contributed by atoms with E-state index in [1.807, 2.05) is 30.3 Å². The number of nitrogens with one attached hydrogen (secondary N) is 1. The lowest BCUT2D eigenvalue weighted by Crippen LogP contribution is -2.03. The van der Waals surface area contributed by atoms with Crippen molar-refractivity contribution in [3.05, 3.63) is 64.7 Å². The summed E-state index contributed by atoms with van der Waals surface area (Å²) in [7, 11) is 0. The molecule has 0 fully saturated rings. The molecule has 96 valence electrons. The summed E-state index contributed by atoms with van der Waals surface area (Å²) < 4.78 is 0. The van der Waals surface area contributed by atoms with E-state index < -0.39 is 5.97 Å². The smallest absolute Gasteiger partial charge is 0.336 e. The summed E-state index contributed by atoms with van der Waals surface area (Å²) in [6.07, 6.45) is 1.40. The Labute approximate surface area is 115 Å². The molecule has 0 aromatic heterocycles. The molecule has 2 aromatic carbocycles. The topological polar surface area (TPSA) is 61.7 Å². The molecule has 5 heteroatoms. The molecule has 0 aliphatic heterocycles. The van der Waals surface area contributed by atoms with Gasteiger partial charge in [0, 0.05) is 5.56 Å². The fraction of sp³-hybridized carbons (Fsp3) is 0. The maximum absolute atomic E-state index is 11.1. The van der Waals surface area contributed by atoms with Gasteiger partial charge in [-0.1, -0.05) is 35.9 Å². The van der Waals surface area contributed by atoms with Crippen molar-refractivity contribution in [2.75, 3.05) is 5.43 Å². The van der Waals surface area contributed by atoms with E-state index >= 15 is 0 Å². The van der Waals surface area contributed by atoms with Crippen molar-refractivity contribution in [2.45, 2.75) is 0 Å². The molecule has 4 nitrogen and oxygen atoms in total. The molecule has 0 bridgehead atoms. The van der Waals surface area contributed by atoms with Gasteiger partial charge in [0.25, 0.3) is 0 Å². The van der Waals surface area contributed by atoms with Gasteiger partial charge in [-0.15, -0.1) is 0 Å². The Kier molecular flexibility index (Phi) is 4.15. The summed E-state index contributed by atoms with van der Waals surface area (Å²) in [6.45, 7) is 0. The highest BCUT2D eigenvalue weighted by Crippen LogP contribution is 2.18. The number of carboxylic acids is 1. The van der Waals surface area contributed by atoms with Crippen molar-refractivity contribution in [3.63, 3.8) is 0 Å². The molecule has 0 aliphatic rings. The number of anilines is 1. The largest absolute Gasteiger partial charge is 0.478 e. The number of carboxylic acid groups (broad SMARTS) is 1. The highest BCUT2D eigenvalue weighted by Gasteiger charge is 2.10. The maximum Gasteiger partial charge on any atom is 0.336 e. The quantitative estimate of drug-likeness (QED) is 0.663. The summed E-state index contributed by atoms with van der Waals surface area (Å²) >= 11 is 5.97. The molecule has 2 rings (SSSR count). The van der Waals surface area contributed by atoms with Gasteiger partial charge < -0.3 is 5.11 Å². The van der Waals surface area contributed by atoms with E-state index in [9.17, 15) is 4.79 Å². The fourth-order valence-corrected chi connectivity index (χ4v) is 1.76. The molecule has 0 spiro atoms. The third-order valence-electron chi connectivity index (χ3n) is 2.44.